The van der Waals surface area contributed by atoms with E-state index >= 15 is 0 Å². The SMILES string of the molecule is CC[C@H](C)NC(=O)[C@H](Cc1ccccc1)N(Cc1ccc(C)cc1)C(=O)CCCOc1ccccc1. The second-order valence-corrected chi connectivity index (χ2v) is 9.30. The monoisotopic (exact) mass is 486 g/mol. The van der Waals surface area contributed by atoms with Crippen molar-refractivity contribution in [1.29, 1.82) is 0 Å². The molecular formula is C31H38N2O3. The van der Waals surface area contributed by atoms with Gasteiger partial charge in [0, 0.05) is 25.4 Å². The molecule has 2 atom stereocenters. The van der Waals surface area contributed by atoms with Crippen LogP contribution in [0.4, 0.5) is 0 Å². The fourth-order valence-corrected chi connectivity index (χ4v) is 3.96. The molecule has 0 unspecified atom stereocenters. The van der Waals surface area contributed by atoms with Crippen molar-refractivity contribution in [2.75, 3.05) is 6.61 Å². The fourth-order valence-electron chi connectivity index (χ4n) is 3.96. The molecule has 3 rings (SSSR count). The summed E-state index contributed by atoms with van der Waals surface area (Å²) in [5, 5.41) is 3.11. The number of amides is 2. The van der Waals surface area contributed by atoms with Crippen LogP contribution in [0.5, 0.6) is 5.75 Å². The topological polar surface area (TPSA) is 58.6 Å². The normalized spacial score (nSPS) is 12.4. The average Bonchev–Trinajstić information content (AvgIpc) is 2.90. The van der Waals surface area contributed by atoms with Gasteiger partial charge in [0.15, 0.2) is 0 Å². The summed E-state index contributed by atoms with van der Waals surface area (Å²) in [4.78, 5) is 28.8. The molecule has 3 aromatic rings. The summed E-state index contributed by atoms with van der Waals surface area (Å²) in [7, 11) is 0. The van der Waals surface area contributed by atoms with Gasteiger partial charge in [0.1, 0.15) is 11.8 Å². The van der Waals surface area contributed by atoms with Crippen LogP contribution in [0.2, 0.25) is 0 Å². The minimum atomic E-state index is -0.606. The molecule has 0 bridgehead atoms. The highest BCUT2D eigenvalue weighted by Gasteiger charge is 2.30. The van der Waals surface area contributed by atoms with E-state index in [0.717, 1.165) is 28.9 Å². The Morgan fingerprint density at radius 1 is 0.889 bits per heavy atom. The minimum absolute atomic E-state index is 0.0337. The molecule has 0 fully saturated rings. The summed E-state index contributed by atoms with van der Waals surface area (Å²) in [5.74, 6) is 0.623. The molecular weight excluding hydrogens is 448 g/mol. The third-order valence-corrected chi connectivity index (χ3v) is 6.29. The van der Waals surface area contributed by atoms with Crippen LogP contribution in [0.15, 0.2) is 84.9 Å². The van der Waals surface area contributed by atoms with E-state index < -0.39 is 6.04 Å². The van der Waals surface area contributed by atoms with Crippen molar-refractivity contribution in [3.05, 3.63) is 102 Å². The van der Waals surface area contributed by atoms with E-state index in [4.69, 9.17) is 4.74 Å². The first-order valence-corrected chi connectivity index (χ1v) is 12.8. The lowest BCUT2D eigenvalue weighted by Crippen LogP contribution is -2.52. The second-order valence-electron chi connectivity index (χ2n) is 9.30. The molecule has 0 radical (unpaired) electrons. The molecule has 5 nitrogen and oxygen atoms in total. The summed E-state index contributed by atoms with van der Waals surface area (Å²) < 4.78 is 5.79. The first kappa shape index (κ1) is 27.0. The molecule has 36 heavy (non-hydrogen) atoms. The molecule has 5 heteroatoms. The summed E-state index contributed by atoms with van der Waals surface area (Å²) in [6.45, 7) is 6.89. The smallest absolute Gasteiger partial charge is 0.243 e. The van der Waals surface area contributed by atoms with E-state index in [1.54, 1.807) is 4.90 Å². The van der Waals surface area contributed by atoms with Gasteiger partial charge in [0.05, 0.1) is 6.61 Å². The Hall–Kier alpha value is -3.60. The van der Waals surface area contributed by atoms with Crippen LogP contribution in [0.1, 0.15) is 49.8 Å². The average molecular weight is 487 g/mol. The Morgan fingerprint density at radius 2 is 1.53 bits per heavy atom. The molecule has 3 aromatic carbocycles. The number of nitrogens with zero attached hydrogens (tertiary/aromatic N) is 1. The Bertz CT molecular complexity index is 1070. The largest absolute Gasteiger partial charge is 0.494 e. The van der Waals surface area contributed by atoms with Crippen LogP contribution in [-0.2, 0) is 22.6 Å². The van der Waals surface area contributed by atoms with Gasteiger partial charge >= 0.3 is 0 Å². The quantitative estimate of drug-likeness (QED) is 0.315. The van der Waals surface area contributed by atoms with Gasteiger partial charge in [-0.3, -0.25) is 9.59 Å². The van der Waals surface area contributed by atoms with Gasteiger partial charge in [-0.2, -0.15) is 0 Å². The van der Waals surface area contributed by atoms with Gasteiger partial charge in [-0.25, -0.2) is 0 Å². The maximum Gasteiger partial charge on any atom is 0.243 e. The third-order valence-electron chi connectivity index (χ3n) is 6.29. The Labute approximate surface area is 215 Å². The van der Waals surface area contributed by atoms with Crippen molar-refractivity contribution in [3.63, 3.8) is 0 Å². The van der Waals surface area contributed by atoms with Crippen molar-refractivity contribution in [1.82, 2.24) is 10.2 Å². The maximum atomic E-state index is 13.6. The van der Waals surface area contributed by atoms with E-state index in [0.29, 0.717) is 32.4 Å². The van der Waals surface area contributed by atoms with Gasteiger partial charge in [-0.05, 0) is 49.9 Å². The highest BCUT2D eigenvalue weighted by molar-refractivity contribution is 5.88. The molecule has 1 N–H and O–H groups in total. The molecule has 190 valence electrons. The lowest BCUT2D eigenvalue weighted by Gasteiger charge is -2.32. The fraction of sp³-hybridized carbons (Fsp3) is 0.355. The summed E-state index contributed by atoms with van der Waals surface area (Å²) in [6, 6.07) is 27.1. The van der Waals surface area contributed by atoms with E-state index in [1.807, 2.05) is 106 Å². The number of carbonyl (C=O) groups is 2. The Kier molecular flexibility index (Phi) is 10.6. The Balaban J connectivity index is 1.80. The number of para-hydroxylation sites is 1. The Morgan fingerprint density at radius 3 is 2.17 bits per heavy atom. The molecule has 0 aliphatic heterocycles. The van der Waals surface area contributed by atoms with Gasteiger partial charge in [-0.15, -0.1) is 0 Å². The minimum Gasteiger partial charge on any atom is -0.494 e. The van der Waals surface area contributed by atoms with Crippen LogP contribution in [0.25, 0.3) is 0 Å². The second kappa shape index (κ2) is 14.1. The van der Waals surface area contributed by atoms with Gasteiger partial charge in [0.25, 0.3) is 0 Å². The van der Waals surface area contributed by atoms with Crippen molar-refractivity contribution in [2.24, 2.45) is 0 Å². The number of rotatable bonds is 13. The van der Waals surface area contributed by atoms with Crippen molar-refractivity contribution in [2.45, 2.75) is 65.1 Å². The van der Waals surface area contributed by atoms with Crippen molar-refractivity contribution >= 4 is 11.8 Å². The van der Waals surface area contributed by atoms with Gasteiger partial charge < -0.3 is 15.0 Å². The van der Waals surface area contributed by atoms with Crippen LogP contribution >= 0.6 is 0 Å². The van der Waals surface area contributed by atoms with Crippen LogP contribution in [-0.4, -0.2) is 35.4 Å². The van der Waals surface area contributed by atoms with Crippen molar-refractivity contribution < 1.29 is 14.3 Å². The third kappa shape index (κ3) is 8.56. The standard InChI is InChI=1S/C31H38N2O3/c1-4-25(3)32-31(35)29(22-26-12-7-5-8-13-26)33(23-27-19-17-24(2)18-20-27)30(34)16-11-21-36-28-14-9-6-10-15-28/h5-10,12-15,17-20,25,29H,4,11,16,21-23H2,1-3H3,(H,32,35)/t25-,29-/m0/s1. The number of hydrogen-bond acceptors (Lipinski definition) is 3. The zero-order valence-corrected chi connectivity index (χ0v) is 21.7. The number of aryl methyl sites for hydroxylation is 1. The molecule has 0 saturated carbocycles. The van der Waals surface area contributed by atoms with Gasteiger partial charge in [-0.1, -0.05) is 85.3 Å². The maximum absolute atomic E-state index is 13.6. The first-order valence-electron chi connectivity index (χ1n) is 12.8. The summed E-state index contributed by atoms with van der Waals surface area (Å²) in [5.41, 5.74) is 3.19. The zero-order chi connectivity index (χ0) is 25.8. The lowest BCUT2D eigenvalue weighted by molar-refractivity contribution is -0.141. The molecule has 0 saturated heterocycles. The first-order chi connectivity index (χ1) is 17.5. The number of hydrogen-bond donors (Lipinski definition) is 1. The number of benzene rings is 3. The predicted molar refractivity (Wildman–Crippen MR) is 145 cm³/mol. The van der Waals surface area contributed by atoms with E-state index in [9.17, 15) is 9.59 Å². The van der Waals surface area contributed by atoms with E-state index in [2.05, 4.69) is 5.32 Å². The molecule has 0 spiro atoms. The number of nitrogens with one attached hydrogen (secondary N) is 1. The molecule has 0 heterocycles. The molecule has 0 aliphatic rings. The van der Waals surface area contributed by atoms with Crippen molar-refractivity contribution in [3.8, 4) is 5.75 Å². The summed E-state index contributed by atoms with van der Waals surface area (Å²) in [6.07, 6.45) is 2.16. The van der Waals surface area contributed by atoms with E-state index in [1.165, 1.54) is 0 Å². The van der Waals surface area contributed by atoms with Crippen LogP contribution in [0.3, 0.4) is 0 Å². The van der Waals surface area contributed by atoms with Gasteiger partial charge in [0.2, 0.25) is 11.8 Å². The molecule has 2 amide bonds. The number of ether oxygens (including phenoxy) is 1. The highest BCUT2D eigenvalue weighted by atomic mass is 16.5. The highest BCUT2D eigenvalue weighted by Crippen LogP contribution is 2.18. The van der Waals surface area contributed by atoms with Crippen LogP contribution < -0.4 is 10.1 Å². The number of carbonyl (C=O) groups excluding carboxylic acids is 2. The summed E-state index contributed by atoms with van der Waals surface area (Å²) >= 11 is 0. The zero-order valence-electron chi connectivity index (χ0n) is 21.7. The van der Waals surface area contributed by atoms with E-state index in [-0.39, 0.29) is 17.9 Å². The molecule has 0 aliphatic carbocycles. The van der Waals surface area contributed by atoms with Crippen LogP contribution in [0, 0.1) is 6.92 Å². The molecule has 0 aromatic heterocycles. The lowest BCUT2D eigenvalue weighted by atomic mass is 10.0. The predicted octanol–water partition coefficient (Wildman–Crippen LogP) is 5.71.